The van der Waals surface area contributed by atoms with Crippen molar-refractivity contribution in [2.45, 2.75) is 45.4 Å². The average molecular weight is 255 g/mol. The van der Waals surface area contributed by atoms with Gasteiger partial charge in [-0.3, -0.25) is 9.59 Å². The van der Waals surface area contributed by atoms with Gasteiger partial charge in [0.15, 0.2) is 0 Å². The molecule has 104 valence electrons. The topological polar surface area (TPSA) is 89.4 Å². The smallest absolute Gasteiger partial charge is 0.237 e. The van der Waals surface area contributed by atoms with Gasteiger partial charge in [-0.25, -0.2) is 0 Å². The van der Waals surface area contributed by atoms with Crippen LogP contribution in [-0.4, -0.2) is 36.3 Å². The summed E-state index contributed by atoms with van der Waals surface area (Å²) in [6, 6.07) is 0. The van der Waals surface area contributed by atoms with E-state index in [9.17, 15) is 9.59 Å². The van der Waals surface area contributed by atoms with Crippen molar-refractivity contribution in [3.63, 3.8) is 0 Å². The molecule has 0 aliphatic heterocycles. The fourth-order valence-electron chi connectivity index (χ4n) is 2.76. The molecule has 0 aromatic rings. The van der Waals surface area contributed by atoms with Crippen molar-refractivity contribution in [3.05, 3.63) is 0 Å². The number of hydrogen-bond donors (Lipinski definition) is 2. The van der Waals surface area contributed by atoms with Crippen LogP contribution < -0.4 is 11.5 Å². The van der Waals surface area contributed by atoms with Gasteiger partial charge in [0.1, 0.15) is 0 Å². The zero-order valence-electron chi connectivity index (χ0n) is 11.3. The summed E-state index contributed by atoms with van der Waals surface area (Å²) in [7, 11) is 0. The first-order valence-corrected chi connectivity index (χ1v) is 6.83. The molecule has 0 saturated heterocycles. The molecule has 1 rings (SSSR count). The largest absolute Gasteiger partial charge is 0.368 e. The molecule has 0 atom stereocenters. The summed E-state index contributed by atoms with van der Waals surface area (Å²) >= 11 is 0. The minimum Gasteiger partial charge on any atom is -0.368 e. The summed E-state index contributed by atoms with van der Waals surface area (Å²) in [4.78, 5) is 25.2. The minimum absolute atomic E-state index is 0.00289. The molecule has 0 unspecified atom stereocenters. The molecule has 0 spiro atoms. The normalized spacial score (nSPS) is 19.0. The zero-order chi connectivity index (χ0) is 13.6. The van der Waals surface area contributed by atoms with E-state index in [2.05, 4.69) is 0 Å². The minimum atomic E-state index is -0.470. The lowest BCUT2D eigenvalue weighted by Crippen LogP contribution is -2.50. The third kappa shape index (κ3) is 3.45. The van der Waals surface area contributed by atoms with Crippen molar-refractivity contribution in [1.82, 2.24) is 4.90 Å². The molecule has 0 bridgehead atoms. The first kappa shape index (κ1) is 15.0. The summed E-state index contributed by atoms with van der Waals surface area (Å²) in [5.74, 6) is -0.459. The molecular formula is C13H25N3O2. The highest BCUT2D eigenvalue weighted by molar-refractivity contribution is 5.87. The number of primary amides is 1. The Morgan fingerprint density at radius 3 is 2.11 bits per heavy atom. The highest BCUT2D eigenvalue weighted by Crippen LogP contribution is 2.35. The zero-order valence-corrected chi connectivity index (χ0v) is 11.3. The lowest BCUT2D eigenvalue weighted by atomic mass is 9.79. The van der Waals surface area contributed by atoms with Crippen LogP contribution in [0.5, 0.6) is 0 Å². The van der Waals surface area contributed by atoms with Crippen molar-refractivity contribution in [2.24, 2.45) is 16.9 Å². The van der Waals surface area contributed by atoms with E-state index in [0.717, 1.165) is 38.5 Å². The molecule has 1 aliphatic rings. The SMILES string of the molecule is CCN(CC(N)=O)C(=O)C1(CN)CCCCCC1. The highest BCUT2D eigenvalue weighted by atomic mass is 16.2. The maximum atomic E-state index is 12.6. The van der Waals surface area contributed by atoms with Crippen LogP contribution in [0.2, 0.25) is 0 Å². The molecule has 0 aromatic heterocycles. The van der Waals surface area contributed by atoms with Crippen molar-refractivity contribution in [3.8, 4) is 0 Å². The van der Waals surface area contributed by atoms with E-state index in [4.69, 9.17) is 11.5 Å². The molecular weight excluding hydrogens is 230 g/mol. The highest BCUT2D eigenvalue weighted by Gasteiger charge is 2.39. The van der Waals surface area contributed by atoms with E-state index in [1.165, 1.54) is 0 Å². The fraction of sp³-hybridized carbons (Fsp3) is 0.846. The molecule has 0 radical (unpaired) electrons. The second-order valence-corrected chi connectivity index (χ2v) is 5.18. The van der Waals surface area contributed by atoms with Gasteiger partial charge in [0, 0.05) is 13.1 Å². The second kappa shape index (κ2) is 6.73. The van der Waals surface area contributed by atoms with Crippen molar-refractivity contribution in [2.75, 3.05) is 19.6 Å². The average Bonchev–Trinajstić information content (AvgIpc) is 2.61. The van der Waals surface area contributed by atoms with Gasteiger partial charge in [0.05, 0.1) is 12.0 Å². The molecule has 5 nitrogen and oxygen atoms in total. The Balaban J connectivity index is 2.83. The molecule has 0 aromatic carbocycles. The van der Waals surface area contributed by atoms with E-state index < -0.39 is 11.3 Å². The molecule has 5 heteroatoms. The summed E-state index contributed by atoms with van der Waals surface area (Å²) in [5, 5.41) is 0. The van der Waals surface area contributed by atoms with Gasteiger partial charge >= 0.3 is 0 Å². The van der Waals surface area contributed by atoms with E-state index in [1.54, 1.807) is 4.90 Å². The summed E-state index contributed by atoms with van der Waals surface area (Å²) in [6.07, 6.45) is 6.07. The second-order valence-electron chi connectivity index (χ2n) is 5.18. The lowest BCUT2D eigenvalue weighted by Gasteiger charge is -2.35. The van der Waals surface area contributed by atoms with E-state index in [0.29, 0.717) is 13.1 Å². The van der Waals surface area contributed by atoms with Crippen molar-refractivity contribution >= 4 is 11.8 Å². The number of nitrogens with two attached hydrogens (primary N) is 2. The molecule has 18 heavy (non-hydrogen) atoms. The van der Waals surface area contributed by atoms with Gasteiger partial charge in [-0.15, -0.1) is 0 Å². The number of rotatable bonds is 5. The van der Waals surface area contributed by atoms with E-state index >= 15 is 0 Å². The third-order valence-electron chi connectivity index (χ3n) is 3.92. The van der Waals surface area contributed by atoms with Crippen LogP contribution in [0.25, 0.3) is 0 Å². The Morgan fingerprint density at radius 1 is 1.17 bits per heavy atom. The Kier molecular flexibility index (Phi) is 5.59. The van der Waals surface area contributed by atoms with E-state index in [1.807, 2.05) is 6.92 Å². The van der Waals surface area contributed by atoms with E-state index in [-0.39, 0.29) is 12.5 Å². The van der Waals surface area contributed by atoms with Crippen LogP contribution in [0.3, 0.4) is 0 Å². The van der Waals surface area contributed by atoms with Crippen molar-refractivity contribution < 1.29 is 9.59 Å². The van der Waals surface area contributed by atoms with Crippen LogP contribution in [0.15, 0.2) is 0 Å². The van der Waals surface area contributed by atoms with Crippen LogP contribution >= 0.6 is 0 Å². The maximum Gasteiger partial charge on any atom is 0.237 e. The quantitative estimate of drug-likeness (QED) is 0.706. The van der Waals surface area contributed by atoms with Crippen LogP contribution in [0, 0.1) is 5.41 Å². The van der Waals surface area contributed by atoms with Gasteiger partial charge in [0.25, 0.3) is 0 Å². The predicted molar refractivity (Wildman–Crippen MR) is 70.6 cm³/mol. The first-order valence-electron chi connectivity index (χ1n) is 6.83. The summed E-state index contributed by atoms with van der Waals surface area (Å²) < 4.78 is 0. The van der Waals surface area contributed by atoms with Gasteiger partial charge in [-0.1, -0.05) is 25.7 Å². The molecule has 0 heterocycles. The lowest BCUT2D eigenvalue weighted by molar-refractivity contribution is -0.144. The van der Waals surface area contributed by atoms with Gasteiger partial charge in [0.2, 0.25) is 11.8 Å². The maximum absolute atomic E-state index is 12.6. The number of carbonyl (C=O) groups is 2. The standard InChI is InChI=1S/C13H25N3O2/c1-2-16(9-11(15)17)12(18)13(10-14)7-5-3-4-6-8-13/h2-10,14H2,1H3,(H2,15,17). The van der Waals surface area contributed by atoms with Crippen molar-refractivity contribution in [1.29, 1.82) is 0 Å². The van der Waals surface area contributed by atoms with Gasteiger partial charge in [-0.05, 0) is 19.8 Å². The molecule has 1 fully saturated rings. The number of likely N-dealkylation sites (N-methyl/N-ethyl adjacent to an activating group) is 1. The number of amides is 2. The summed E-state index contributed by atoms with van der Waals surface area (Å²) in [5.41, 5.74) is 10.6. The number of nitrogens with zero attached hydrogens (tertiary/aromatic N) is 1. The van der Waals surface area contributed by atoms with Crippen LogP contribution in [0.4, 0.5) is 0 Å². The van der Waals surface area contributed by atoms with Crippen LogP contribution in [-0.2, 0) is 9.59 Å². The Hall–Kier alpha value is -1.10. The molecule has 4 N–H and O–H groups in total. The Morgan fingerprint density at radius 2 is 1.72 bits per heavy atom. The third-order valence-corrected chi connectivity index (χ3v) is 3.92. The predicted octanol–water partition coefficient (Wildman–Crippen LogP) is 0.620. The molecule has 1 aliphatic carbocycles. The van der Waals surface area contributed by atoms with Crippen LogP contribution in [0.1, 0.15) is 45.4 Å². The van der Waals surface area contributed by atoms with Gasteiger partial charge in [-0.2, -0.15) is 0 Å². The first-order chi connectivity index (χ1) is 8.55. The van der Waals surface area contributed by atoms with Gasteiger partial charge < -0.3 is 16.4 Å². The molecule has 1 saturated carbocycles. The monoisotopic (exact) mass is 255 g/mol. The Labute approximate surface area is 109 Å². The molecule has 2 amide bonds. The summed E-state index contributed by atoms with van der Waals surface area (Å²) in [6.45, 7) is 2.73. The fourth-order valence-corrected chi connectivity index (χ4v) is 2.76. The Bertz CT molecular complexity index is 297. The number of carbonyl (C=O) groups excluding carboxylic acids is 2. The number of hydrogen-bond acceptors (Lipinski definition) is 3.